The molecule has 2 amide bonds. The van der Waals surface area contributed by atoms with Gasteiger partial charge in [0.1, 0.15) is 24.9 Å². The minimum absolute atomic E-state index is 0.0507. The summed E-state index contributed by atoms with van der Waals surface area (Å²) < 4.78 is 34.2. The normalized spacial score (nSPS) is 42.1. The van der Waals surface area contributed by atoms with Gasteiger partial charge in [-0.25, -0.2) is 8.78 Å². The highest BCUT2D eigenvalue weighted by atomic mass is 35.5. The molecular formula is C21H31ClF2N2O3. The SMILES string of the molecule is CC1CCC(CN2C(=O)CN(C3CCC(Cl)CC3F)C(=O)C2C2COC2)CC1F. The van der Waals surface area contributed by atoms with Crippen LogP contribution in [0.4, 0.5) is 8.78 Å². The molecule has 7 unspecified atom stereocenters. The topological polar surface area (TPSA) is 49.9 Å². The van der Waals surface area contributed by atoms with Crippen LogP contribution in [0.25, 0.3) is 0 Å². The van der Waals surface area contributed by atoms with Crippen LogP contribution in [0.5, 0.6) is 0 Å². The number of hydrogen-bond donors (Lipinski definition) is 0. The summed E-state index contributed by atoms with van der Waals surface area (Å²) in [6.45, 7) is 3.08. The van der Waals surface area contributed by atoms with Gasteiger partial charge in [-0.1, -0.05) is 6.92 Å². The van der Waals surface area contributed by atoms with E-state index in [9.17, 15) is 18.4 Å². The Morgan fingerprint density at radius 3 is 2.45 bits per heavy atom. The minimum atomic E-state index is -1.21. The predicted molar refractivity (Wildman–Crippen MR) is 105 cm³/mol. The van der Waals surface area contributed by atoms with Crippen molar-refractivity contribution in [1.29, 1.82) is 0 Å². The zero-order chi connectivity index (χ0) is 20.7. The summed E-state index contributed by atoms with van der Waals surface area (Å²) in [5.41, 5.74) is 0. The summed E-state index contributed by atoms with van der Waals surface area (Å²) in [6.07, 6.45) is 1.37. The van der Waals surface area contributed by atoms with Crippen LogP contribution < -0.4 is 0 Å². The maximum Gasteiger partial charge on any atom is 0.246 e. The van der Waals surface area contributed by atoms with Crippen molar-refractivity contribution in [1.82, 2.24) is 9.80 Å². The highest BCUT2D eigenvalue weighted by Gasteiger charge is 2.50. The molecule has 0 bridgehead atoms. The Labute approximate surface area is 176 Å². The van der Waals surface area contributed by atoms with Gasteiger partial charge in [-0.05, 0) is 50.4 Å². The second kappa shape index (κ2) is 8.66. The monoisotopic (exact) mass is 432 g/mol. The number of ether oxygens (including phenoxy) is 1. The van der Waals surface area contributed by atoms with Crippen LogP contribution in [0.2, 0.25) is 0 Å². The van der Waals surface area contributed by atoms with Crippen molar-refractivity contribution in [3.8, 4) is 0 Å². The van der Waals surface area contributed by atoms with E-state index in [1.165, 1.54) is 4.90 Å². The quantitative estimate of drug-likeness (QED) is 0.642. The van der Waals surface area contributed by atoms with Gasteiger partial charge in [0, 0.05) is 17.8 Å². The van der Waals surface area contributed by atoms with E-state index in [-0.39, 0.29) is 47.9 Å². The number of rotatable bonds is 4. The van der Waals surface area contributed by atoms with E-state index in [1.807, 2.05) is 6.92 Å². The lowest BCUT2D eigenvalue weighted by atomic mass is 9.80. The zero-order valence-electron chi connectivity index (χ0n) is 16.9. The third kappa shape index (κ3) is 4.27. The van der Waals surface area contributed by atoms with Crippen LogP contribution in [0.15, 0.2) is 0 Å². The van der Waals surface area contributed by atoms with E-state index < -0.39 is 24.4 Å². The second-order valence-corrected chi connectivity index (χ2v) is 10.0. The van der Waals surface area contributed by atoms with Gasteiger partial charge in [-0.3, -0.25) is 9.59 Å². The van der Waals surface area contributed by atoms with Crippen molar-refractivity contribution < 1.29 is 23.1 Å². The third-order valence-electron chi connectivity index (χ3n) is 7.34. The summed E-state index contributed by atoms with van der Waals surface area (Å²) in [7, 11) is 0. The van der Waals surface area contributed by atoms with Gasteiger partial charge in [0.15, 0.2) is 0 Å². The first-order chi connectivity index (χ1) is 13.8. The number of carbonyl (C=O) groups is 2. The van der Waals surface area contributed by atoms with Crippen molar-refractivity contribution >= 4 is 23.4 Å². The molecule has 2 saturated carbocycles. The summed E-state index contributed by atoms with van der Waals surface area (Å²) in [5.74, 6) is -0.293. The van der Waals surface area contributed by atoms with Gasteiger partial charge < -0.3 is 14.5 Å². The Morgan fingerprint density at radius 1 is 1.07 bits per heavy atom. The van der Waals surface area contributed by atoms with Gasteiger partial charge in [-0.15, -0.1) is 11.6 Å². The van der Waals surface area contributed by atoms with Crippen molar-refractivity contribution in [2.24, 2.45) is 17.8 Å². The molecule has 0 aromatic carbocycles. The fourth-order valence-electron chi connectivity index (χ4n) is 5.36. The number of nitrogens with zero attached hydrogens (tertiary/aromatic N) is 2. The summed E-state index contributed by atoms with van der Waals surface area (Å²) >= 11 is 6.08. The molecule has 4 rings (SSSR count). The number of carbonyl (C=O) groups excluding carboxylic acids is 2. The van der Waals surface area contributed by atoms with Gasteiger partial charge in [0.05, 0.1) is 19.3 Å². The maximum atomic E-state index is 14.7. The molecule has 5 nitrogen and oxygen atoms in total. The van der Waals surface area contributed by atoms with Gasteiger partial charge in [0.2, 0.25) is 11.8 Å². The van der Waals surface area contributed by atoms with Crippen molar-refractivity contribution in [2.75, 3.05) is 26.3 Å². The standard InChI is InChI=1S/C21H31ClF2N2O3/c1-12-2-3-13(6-16(12)23)8-26-19(27)9-25(18-5-4-15(22)7-17(18)24)21(28)20(26)14-10-29-11-14/h12-18,20H,2-11H2,1H3. The molecule has 4 aliphatic rings. The number of amides is 2. The lowest BCUT2D eigenvalue weighted by Gasteiger charge is -2.50. The maximum absolute atomic E-state index is 14.7. The summed E-state index contributed by atoms with van der Waals surface area (Å²) in [4.78, 5) is 29.6. The Hall–Kier alpha value is -0.950. The van der Waals surface area contributed by atoms with Gasteiger partial charge >= 0.3 is 0 Å². The molecular weight excluding hydrogens is 402 g/mol. The fourth-order valence-corrected chi connectivity index (χ4v) is 5.65. The predicted octanol–water partition coefficient (Wildman–Crippen LogP) is 2.94. The second-order valence-electron chi connectivity index (χ2n) is 9.42. The summed E-state index contributed by atoms with van der Waals surface area (Å²) in [5, 5.41) is -0.216. The molecule has 2 saturated heterocycles. The number of halogens is 3. The molecule has 0 aromatic heterocycles. The van der Waals surface area contributed by atoms with Crippen LogP contribution in [0.1, 0.15) is 45.4 Å². The highest BCUT2D eigenvalue weighted by molar-refractivity contribution is 6.20. The first-order valence-electron chi connectivity index (χ1n) is 10.9. The number of alkyl halides is 3. The van der Waals surface area contributed by atoms with Crippen LogP contribution in [-0.2, 0) is 14.3 Å². The van der Waals surface area contributed by atoms with Crippen LogP contribution >= 0.6 is 11.6 Å². The van der Waals surface area contributed by atoms with Crippen LogP contribution in [0, 0.1) is 17.8 Å². The first kappa shape index (κ1) is 21.3. The molecule has 2 aliphatic heterocycles. The Morgan fingerprint density at radius 2 is 1.83 bits per heavy atom. The van der Waals surface area contributed by atoms with Crippen LogP contribution in [0.3, 0.4) is 0 Å². The lowest BCUT2D eigenvalue weighted by molar-refractivity contribution is -0.172. The number of hydrogen-bond acceptors (Lipinski definition) is 3. The van der Waals surface area contributed by atoms with E-state index in [0.717, 1.165) is 12.8 Å². The number of piperazine rings is 1. The smallest absolute Gasteiger partial charge is 0.246 e. The first-order valence-corrected chi connectivity index (χ1v) is 11.4. The van der Waals surface area contributed by atoms with Gasteiger partial charge in [-0.2, -0.15) is 0 Å². The fraction of sp³-hybridized carbons (Fsp3) is 0.905. The molecule has 8 heteroatoms. The molecule has 0 aromatic rings. The molecule has 2 aliphatic carbocycles. The Balaban J connectivity index is 1.50. The molecule has 0 spiro atoms. The Kier molecular flexibility index (Phi) is 6.35. The molecule has 0 N–H and O–H groups in total. The highest BCUT2D eigenvalue weighted by Crippen LogP contribution is 2.36. The van der Waals surface area contributed by atoms with Crippen molar-refractivity contribution in [3.63, 3.8) is 0 Å². The largest absolute Gasteiger partial charge is 0.380 e. The van der Waals surface area contributed by atoms with E-state index in [2.05, 4.69) is 0 Å². The van der Waals surface area contributed by atoms with E-state index in [4.69, 9.17) is 16.3 Å². The minimum Gasteiger partial charge on any atom is -0.380 e. The molecule has 2 heterocycles. The molecule has 4 fully saturated rings. The third-order valence-corrected chi connectivity index (χ3v) is 7.74. The summed E-state index contributed by atoms with van der Waals surface area (Å²) in [6, 6.07) is -1.21. The molecule has 29 heavy (non-hydrogen) atoms. The van der Waals surface area contributed by atoms with E-state index in [0.29, 0.717) is 39.0 Å². The molecule has 0 radical (unpaired) electrons. The van der Waals surface area contributed by atoms with Gasteiger partial charge in [0.25, 0.3) is 0 Å². The molecule has 7 atom stereocenters. The van der Waals surface area contributed by atoms with E-state index in [1.54, 1.807) is 4.90 Å². The van der Waals surface area contributed by atoms with Crippen LogP contribution in [-0.4, -0.2) is 77.7 Å². The lowest BCUT2D eigenvalue weighted by Crippen LogP contribution is -2.68. The molecule has 164 valence electrons. The van der Waals surface area contributed by atoms with Crippen molar-refractivity contribution in [2.45, 2.75) is 75.3 Å². The average Bonchev–Trinajstić information content (AvgIpc) is 2.62. The zero-order valence-corrected chi connectivity index (χ0v) is 17.7. The Bertz CT molecular complexity index is 635. The van der Waals surface area contributed by atoms with E-state index >= 15 is 0 Å². The average molecular weight is 433 g/mol. The van der Waals surface area contributed by atoms with Crippen molar-refractivity contribution in [3.05, 3.63) is 0 Å².